The standard InChI is InChI=1S/C10H19N.ClH/c1-10(2)6-8(7-10)9-4-3-5-11-9;/h8-9,11H,3-7H2,1-2H3;1H. The molecule has 1 aliphatic heterocycles. The molecule has 1 saturated heterocycles. The van der Waals surface area contributed by atoms with E-state index < -0.39 is 0 Å². The Kier molecular flexibility index (Phi) is 3.06. The summed E-state index contributed by atoms with van der Waals surface area (Å²) < 4.78 is 0. The second-order valence-electron chi connectivity index (χ2n) is 5.04. The first kappa shape index (κ1) is 10.3. The van der Waals surface area contributed by atoms with E-state index in [2.05, 4.69) is 19.2 Å². The quantitative estimate of drug-likeness (QED) is 0.669. The Morgan fingerprint density at radius 2 is 1.92 bits per heavy atom. The Balaban J connectivity index is 0.000000720. The third kappa shape index (κ3) is 1.94. The second-order valence-corrected chi connectivity index (χ2v) is 5.04. The minimum Gasteiger partial charge on any atom is -0.314 e. The van der Waals surface area contributed by atoms with E-state index in [0.717, 1.165) is 12.0 Å². The maximum atomic E-state index is 3.60. The molecule has 0 aromatic carbocycles. The van der Waals surface area contributed by atoms with Gasteiger partial charge in [-0.25, -0.2) is 0 Å². The zero-order chi connectivity index (χ0) is 7.90. The van der Waals surface area contributed by atoms with Gasteiger partial charge in [0.05, 0.1) is 0 Å². The highest BCUT2D eigenvalue weighted by Gasteiger charge is 2.40. The first-order valence-corrected chi connectivity index (χ1v) is 4.91. The molecule has 0 radical (unpaired) electrons. The molecule has 1 N–H and O–H groups in total. The van der Waals surface area contributed by atoms with Crippen molar-refractivity contribution in [1.29, 1.82) is 0 Å². The minimum atomic E-state index is 0. The minimum absolute atomic E-state index is 0. The van der Waals surface area contributed by atoms with E-state index in [1.54, 1.807) is 0 Å². The molecule has 2 fully saturated rings. The first-order chi connectivity index (χ1) is 5.17. The van der Waals surface area contributed by atoms with Gasteiger partial charge >= 0.3 is 0 Å². The van der Waals surface area contributed by atoms with Crippen molar-refractivity contribution in [2.75, 3.05) is 6.54 Å². The summed E-state index contributed by atoms with van der Waals surface area (Å²) in [5.41, 5.74) is 0.662. The fourth-order valence-corrected chi connectivity index (χ4v) is 2.76. The van der Waals surface area contributed by atoms with Crippen LogP contribution in [-0.2, 0) is 0 Å². The van der Waals surface area contributed by atoms with Crippen LogP contribution in [0.15, 0.2) is 0 Å². The summed E-state index contributed by atoms with van der Waals surface area (Å²) >= 11 is 0. The van der Waals surface area contributed by atoms with E-state index in [0.29, 0.717) is 5.41 Å². The molecule has 1 saturated carbocycles. The SMILES string of the molecule is CC1(C)CC(C2CCCN2)C1.Cl. The lowest BCUT2D eigenvalue weighted by molar-refractivity contribution is 0.0703. The van der Waals surface area contributed by atoms with Gasteiger partial charge in [-0.2, -0.15) is 0 Å². The van der Waals surface area contributed by atoms with E-state index in [9.17, 15) is 0 Å². The van der Waals surface area contributed by atoms with E-state index in [1.165, 1.54) is 32.2 Å². The molecule has 1 heterocycles. The van der Waals surface area contributed by atoms with Crippen LogP contribution in [0, 0.1) is 11.3 Å². The topological polar surface area (TPSA) is 12.0 Å². The molecule has 0 aromatic heterocycles. The summed E-state index contributed by atoms with van der Waals surface area (Å²) in [5, 5.41) is 3.60. The van der Waals surface area contributed by atoms with E-state index in [1.807, 2.05) is 0 Å². The van der Waals surface area contributed by atoms with Crippen molar-refractivity contribution >= 4 is 12.4 Å². The number of rotatable bonds is 1. The Hall–Kier alpha value is 0.250. The first-order valence-electron chi connectivity index (χ1n) is 4.91. The van der Waals surface area contributed by atoms with Crippen LogP contribution >= 0.6 is 12.4 Å². The maximum Gasteiger partial charge on any atom is 0.00961 e. The van der Waals surface area contributed by atoms with Gasteiger partial charge in [0.15, 0.2) is 0 Å². The molecule has 0 amide bonds. The lowest BCUT2D eigenvalue weighted by Gasteiger charge is -2.45. The predicted molar refractivity (Wildman–Crippen MR) is 54.8 cm³/mol. The number of halogens is 1. The molecule has 12 heavy (non-hydrogen) atoms. The highest BCUT2D eigenvalue weighted by atomic mass is 35.5. The molecule has 72 valence electrons. The zero-order valence-electron chi connectivity index (χ0n) is 8.10. The number of nitrogens with one attached hydrogen (secondary N) is 1. The van der Waals surface area contributed by atoms with Crippen molar-refractivity contribution in [3.05, 3.63) is 0 Å². The van der Waals surface area contributed by atoms with Crippen molar-refractivity contribution in [2.24, 2.45) is 11.3 Å². The highest BCUT2D eigenvalue weighted by Crippen LogP contribution is 2.47. The van der Waals surface area contributed by atoms with Gasteiger partial charge in [0, 0.05) is 6.04 Å². The van der Waals surface area contributed by atoms with E-state index in [4.69, 9.17) is 0 Å². The average Bonchev–Trinajstić information content (AvgIpc) is 2.32. The molecule has 0 bridgehead atoms. The van der Waals surface area contributed by atoms with Gasteiger partial charge in [0.1, 0.15) is 0 Å². The van der Waals surface area contributed by atoms with Crippen LogP contribution in [0.1, 0.15) is 39.5 Å². The summed E-state index contributed by atoms with van der Waals surface area (Å²) in [6.45, 7) is 6.04. The Morgan fingerprint density at radius 1 is 1.25 bits per heavy atom. The maximum absolute atomic E-state index is 3.60. The normalized spacial score (nSPS) is 34.0. The van der Waals surface area contributed by atoms with Crippen molar-refractivity contribution in [3.63, 3.8) is 0 Å². The van der Waals surface area contributed by atoms with Gasteiger partial charge in [-0.05, 0) is 43.6 Å². The fraction of sp³-hybridized carbons (Fsp3) is 1.00. The lowest BCUT2D eigenvalue weighted by Crippen LogP contribution is -2.43. The van der Waals surface area contributed by atoms with Crippen molar-refractivity contribution in [3.8, 4) is 0 Å². The van der Waals surface area contributed by atoms with Gasteiger partial charge in [0.2, 0.25) is 0 Å². The van der Waals surface area contributed by atoms with Crippen LogP contribution in [-0.4, -0.2) is 12.6 Å². The van der Waals surface area contributed by atoms with Crippen LogP contribution in [0.5, 0.6) is 0 Å². The molecule has 2 heteroatoms. The van der Waals surface area contributed by atoms with Gasteiger partial charge < -0.3 is 5.32 Å². The molecule has 1 aliphatic carbocycles. The third-order valence-electron chi connectivity index (χ3n) is 3.30. The molecular weight excluding hydrogens is 170 g/mol. The largest absolute Gasteiger partial charge is 0.314 e. The van der Waals surface area contributed by atoms with Gasteiger partial charge in [-0.3, -0.25) is 0 Å². The molecule has 1 unspecified atom stereocenters. The Bertz CT molecular complexity index is 142. The molecule has 0 spiro atoms. The van der Waals surface area contributed by atoms with Crippen molar-refractivity contribution in [1.82, 2.24) is 5.32 Å². The molecule has 2 rings (SSSR count). The Labute approximate surface area is 81.7 Å². The molecule has 0 aromatic rings. The van der Waals surface area contributed by atoms with Gasteiger partial charge in [0.25, 0.3) is 0 Å². The summed E-state index contributed by atoms with van der Waals surface area (Å²) in [7, 11) is 0. The van der Waals surface area contributed by atoms with E-state index in [-0.39, 0.29) is 12.4 Å². The van der Waals surface area contributed by atoms with Gasteiger partial charge in [-0.15, -0.1) is 12.4 Å². The van der Waals surface area contributed by atoms with Crippen LogP contribution in [0.4, 0.5) is 0 Å². The van der Waals surface area contributed by atoms with Crippen LogP contribution in [0.3, 0.4) is 0 Å². The second kappa shape index (κ2) is 3.55. The van der Waals surface area contributed by atoms with Gasteiger partial charge in [-0.1, -0.05) is 13.8 Å². The van der Waals surface area contributed by atoms with Crippen molar-refractivity contribution in [2.45, 2.75) is 45.6 Å². The lowest BCUT2D eigenvalue weighted by atomic mass is 9.62. The summed E-state index contributed by atoms with van der Waals surface area (Å²) in [6.07, 6.45) is 5.73. The van der Waals surface area contributed by atoms with Crippen LogP contribution in [0.25, 0.3) is 0 Å². The van der Waals surface area contributed by atoms with E-state index >= 15 is 0 Å². The van der Waals surface area contributed by atoms with Crippen LogP contribution in [0.2, 0.25) is 0 Å². The van der Waals surface area contributed by atoms with Crippen LogP contribution < -0.4 is 5.32 Å². The molecule has 2 aliphatic rings. The molecular formula is C10H20ClN. The molecule has 1 nitrogen and oxygen atoms in total. The summed E-state index contributed by atoms with van der Waals surface area (Å²) in [6, 6.07) is 0.878. The third-order valence-corrected chi connectivity index (χ3v) is 3.30. The zero-order valence-corrected chi connectivity index (χ0v) is 8.91. The fourth-order valence-electron chi connectivity index (χ4n) is 2.76. The number of hydrogen-bond acceptors (Lipinski definition) is 1. The van der Waals surface area contributed by atoms with Crippen molar-refractivity contribution < 1.29 is 0 Å². The summed E-state index contributed by atoms with van der Waals surface area (Å²) in [5.74, 6) is 1.01. The Morgan fingerprint density at radius 3 is 2.33 bits per heavy atom. The monoisotopic (exact) mass is 189 g/mol. The molecule has 1 atom stereocenters. The summed E-state index contributed by atoms with van der Waals surface area (Å²) in [4.78, 5) is 0. The predicted octanol–water partition coefficient (Wildman–Crippen LogP) is 2.60. The average molecular weight is 190 g/mol. The number of hydrogen-bond donors (Lipinski definition) is 1. The smallest absolute Gasteiger partial charge is 0.00961 e. The highest BCUT2D eigenvalue weighted by molar-refractivity contribution is 5.85.